The third-order valence-corrected chi connectivity index (χ3v) is 2.66. The normalized spacial score (nSPS) is 9.29. The quantitative estimate of drug-likeness (QED) is 0.452. The van der Waals surface area contributed by atoms with E-state index in [9.17, 15) is 4.79 Å². The van der Waals surface area contributed by atoms with Crippen LogP contribution in [0, 0.1) is 6.92 Å². The first-order chi connectivity index (χ1) is 6.70. The summed E-state index contributed by atoms with van der Waals surface area (Å²) in [5, 5.41) is 4.66. The van der Waals surface area contributed by atoms with Crippen LogP contribution in [-0.4, -0.2) is 17.7 Å². The molecule has 0 aliphatic rings. The summed E-state index contributed by atoms with van der Waals surface area (Å²) >= 11 is 5.85. The highest BCUT2D eigenvalue weighted by atomic mass is 32.1. The Hall–Kier alpha value is -1.03. The molecule has 1 aromatic heterocycles. The minimum absolute atomic E-state index is 0.352. The average molecular weight is 227 g/mol. The van der Waals surface area contributed by atoms with E-state index in [1.807, 2.05) is 12.3 Å². The number of isothiocyanates is 1. The van der Waals surface area contributed by atoms with Gasteiger partial charge in [0.25, 0.3) is 0 Å². The lowest BCUT2D eigenvalue weighted by Crippen LogP contribution is -2.04. The number of aryl methyl sites for hydroxylation is 1. The number of rotatable bonds is 3. The summed E-state index contributed by atoms with van der Waals surface area (Å²) in [7, 11) is 0. The number of carbonyl (C=O) groups excluding carboxylic acids is 1. The van der Waals surface area contributed by atoms with E-state index >= 15 is 0 Å². The minimum Gasteiger partial charge on any atom is -0.462 e. The lowest BCUT2D eigenvalue weighted by molar-refractivity contribution is 0.0527. The Morgan fingerprint density at radius 2 is 2.50 bits per heavy atom. The Kier molecular flexibility index (Phi) is 3.95. The number of aliphatic imine (C=N–C) groups is 1. The van der Waals surface area contributed by atoms with Crippen LogP contribution in [0.5, 0.6) is 0 Å². The molecule has 0 N–H and O–H groups in total. The highest BCUT2D eigenvalue weighted by Crippen LogP contribution is 2.30. The van der Waals surface area contributed by atoms with Crippen molar-refractivity contribution in [2.45, 2.75) is 13.8 Å². The lowest BCUT2D eigenvalue weighted by atomic mass is 10.2. The van der Waals surface area contributed by atoms with E-state index in [-0.39, 0.29) is 5.97 Å². The van der Waals surface area contributed by atoms with Crippen molar-refractivity contribution in [3.63, 3.8) is 0 Å². The summed E-state index contributed by atoms with van der Waals surface area (Å²) in [4.78, 5) is 15.3. The minimum atomic E-state index is -0.352. The van der Waals surface area contributed by atoms with Gasteiger partial charge in [0.1, 0.15) is 10.6 Å². The van der Waals surface area contributed by atoms with Crippen molar-refractivity contribution in [2.24, 2.45) is 4.99 Å². The molecular formula is C9H9NO2S2. The molecule has 0 aliphatic carbocycles. The topological polar surface area (TPSA) is 38.7 Å². The molecule has 5 heteroatoms. The number of hydrogen-bond donors (Lipinski definition) is 0. The first-order valence-corrected chi connectivity index (χ1v) is 5.32. The van der Waals surface area contributed by atoms with Gasteiger partial charge < -0.3 is 4.74 Å². The van der Waals surface area contributed by atoms with Gasteiger partial charge in [-0.15, -0.1) is 11.3 Å². The van der Waals surface area contributed by atoms with Gasteiger partial charge in [0, 0.05) is 0 Å². The molecule has 1 heterocycles. The largest absolute Gasteiger partial charge is 0.462 e. The zero-order valence-corrected chi connectivity index (χ0v) is 9.50. The molecule has 0 radical (unpaired) electrons. The first-order valence-electron chi connectivity index (χ1n) is 4.03. The predicted molar refractivity (Wildman–Crippen MR) is 59.7 cm³/mol. The second-order valence-electron chi connectivity index (χ2n) is 2.52. The number of hydrogen-bond acceptors (Lipinski definition) is 5. The van der Waals surface area contributed by atoms with E-state index in [1.54, 1.807) is 6.92 Å². The highest BCUT2D eigenvalue weighted by Gasteiger charge is 2.17. The predicted octanol–water partition coefficient (Wildman–Crippen LogP) is 2.97. The average Bonchev–Trinajstić information content (AvgIpc) is 2.48. The Morgan fingerprint density at radius 3 is 3.07 bits per heavy atom. The molecule has 0 aromatic carbocycles. The fraction of sp³-hybridized carbons (Fsp3) is 0.333. The zero-order chi connectivity index (χ0) is 10.6. The van der Waals surface area contributed by atoms with Crippen LogP contribution in [0.3, 0.4) is 0 Å². The molecule has 14 heavy (non-hydrogen) atoms. The molecule has 3 nitrogen and oxygen atoms in total. The van der Waals surface area contributed by atoms with Crippen molar-refractivity contribution in [1.82, 2.24) is 0 Å². The van der Waals surface area contributed by atoms with Crippen LogP contribution < -0.4 is 0 Å². The van der Waals surface area contributed by atoms with Crippen LogP contribution >= 0.6 is 23.6 Å². The van der Waals surface area contributed by atoms with Crippen LogP contribution in [0.1, 0.15) is 22.8 Å². The maximum absolute atomic E-state index is 11.5. The molecule has 0 saturated heterocycles. The third-order valence-electron chi connectivity index (χ3n) is 1.58. The molecule has 0 aliphatic heterocycles. The van der Waals surface area contributed by atoms with Gasteiger partial charge in [-0.2, -0.15) is 4.99 Å². The van der Waals surface area contributed by atoms with Crippen molar-refractivity contribution in [1.29, 1.82) is 0 Å². The van der Waals surface area contributed by atoms with Gasteiger partial charge in [0.05, 0.1) is 11.8 Å². The van der Waals surface area contributed by atoms with Gasteiger partial charge in [0.2, 0.25) is 0 Å². The Labute approximate surface area is 91.4 Å². The summed E-state index contributed by atoms with van der Waals surface area (Å²) in [5.41, 5.74) is 1.35. The second-order valence-corrected chi connectivity index (χ2v) is 3.56. The Bertz CT molecular complexity index is 392. The van der Waals surface area contributed by atoms with Crippen molar-refractivity contribution >= 4 is 39.7 Å². The maximum atomic E-state index is 11.5. The fourth-order valence-electron chi connectivity index (χ4n) is 1.01. The monoisotopic (exact) mass is 227 g/mol. The first kappa shape index (κ1) is 11.0. The molecule has 0 amide bonds. The van der Waals surface area contributed by atoms with E-state index in [0.29, 0.717) is 17.2 Å². The summed E-state index contributed by atoms with van der Waals surface area (Å²) in [6.45, 7) is 3.96. The maximum Gasteiger partial charge on any atom is 0.341 e. The fourth-order valence-corrected chi connectivity index (χ4v) is 2.02. The van der Waals surface area contributed by atoms with Crippen molar-refractivity contribution in [3.8, 4) is 0 Å². The van der Waals surface area contributed by atoms with E-state index in [0.717, 1.165) is 5.56 Å². The smallest absolute Gasteiger partial charge is 0.341 e. The van der Waals surface area contributed by atoms with Gasteiger partial charge >= 0.3 is 5.97 Å². The van der Waals surface area contributed by atoms with Crippen LogP contribution in [0.4, 0.5) is 5.00 Å². The standard InChI is InChI=1S/C9H9NO2S2/c1-3-12-9(11)7-6(2)4-14-8(7)10-5-13/h4H,3H2,1-2H3. The molecule has 74 valence electrons. The summed E-state index contributed by atoms with van der Waals surface area (Å²) in [5.74, 6) is -0.352. The SMILES string of the molecule is CCOC(=O)c1c(C)csc1N=C=S. The molecule has 0 spiro atoms. The second kappa shape index (κ2) is 5.00. The van der Waals surface area contributed by atoms with Crippen molar-refractivity contribution in [3.05, 3.63) is 16.5 Å². The van der Waals surface area contributed by atoms with E-state index in [2.05, 4.69) is 22.4 Å². The van der Waals surface area contributed by atoms with E-state index in [4.69, 9.17) is 4.74 Å². The third kappa shape index (κ3) is 2.26. The molecular weight excluding hydrogens is 218 g/mol. The van der Waals surface area contributed by atoms with Crippen molar-refractivity contribution in [2.75, 3.05) is 6.61 Å². The molecule has 0 unspecified atom stereocenters. The van der Waals surface area contributed by atoms with Crippen molar-refractivity contribution < 1.29 is 9.53 Å². The zero-order valence-electron chi connectivity index (χ0n) is 7.86. The van der Waals surface area contributed by atoms with E-state index < -0.39 is 0 Å². The number of nitrogens with zero attached hydrogens (tertiary/aromatic N) is 1. The number of carbonyl (C=O) groups is 1. The molecule has 1 aromatic rings. The van der Waals surface area contributed by atoms with Gasteiger partial charge in [-0.05, 0) is 37.0 Å². The van der Waals surface area contributed by atoms with Gasteiger partial charge in [0.15, 0.2) is 0 Å². The lowest BCUT2D eigenvalue weighted by Gasteiger charge is -2.00. The molecule has 0 saturated carbocycles. The molecule has 0 fully saturated rings. The summed E-state index contributed by atoms with van der Waals surface area (Å²) in [6, 6.07) is 0. The number of esters is 1. The highest BCUT2D eigenvalue weighted by molar-refractivity contribution is 7.78. The summed E-state index contributed by atoms with van der Waals surface area (Å²) in [6.07, 6.45) is 0. The number of thiocarbonyl (C=S) groups is 1. The van der Waals surface area contributed by atoms with Crippen LogP contribution in [0.15, 0.2) is 10.4 Å². The van der Waals surface area contributed by atoms with Gasteiger partial charge in [-0.3, -0.25) is 0 Å². The molecule has 0 atom stereocenters. The number of thiophene rings is 1. The van der Waals surface area contributed by atoms with E-state index in [1.165, 1.54) is 11.3 Å². The van der Waals surface area contributed by atoms with Gasteiger partial charge in [-0.25, -0.2) is 4.79 Å². The molecule has 1 rings (SSSR count). The Balaban J connectivity index is 3.10. The van der Waals surface area contributed by atoms with Gasteiger partial charge in [-0.1, -0.05) is 0 Å². The van der Waals surface area contributed by atoms with Crippen LogP contribution in [0.25, 0.3) is 0 Å². The molecule has 0 bridgehead atoms. The van der Waals surface area contributed by atoms with Crippen LogP contribution in [0.2, 0.25) is 0 Å². The van der Waals surface area contributed by atoms with Crippen LogP contribution in [-0.2, 0) is 4.74 Å². The number of ether oxygens (including phenoxy) is 1. The summed E-state index contributed by atoms with van der Waals surface area (Å²) < 4.78 is 4.90. The Morgan fingerprint density at radius 1 is 1.79 bits per heavy atom.